The molecule has 9 atom stereocenters. The van der Waals surface area contributed by atoms with Gasteiger partial charge in [0.05, 0.1) is 18.0 Å². The lowest BCUT2D eigenvalue weighted by Crippen LogP contribution is -2.59. The highest BCUT2D eigenvalue weighted by molar-refractivity contribution is 6.23. The van der Waals surface area contributed by atoms with Gasteiger partial charge in [0.25, 0.3) is 0 Å². The fraction of sp³-hybridized carbons (Fsp3) is 0.450. The van der Waals surface area contributed by atoms with Gasteiger partial charge in [-0.25, -0.2) is 0 Å². The van der Waals surface area contributed by atoms with Crippen molar-refractivity contribution in [2.45, 2.75) is 82.0 Å². The van der Waals surface area contributed by atoms with E-state index in [1.54, 1.807) is 5.57 Å². The average Bonchev–Trinajstić information content (AvgIpc) is 3.06. The highest BCUT2D eigenvalue weighted by atomic mass is 16.5. The molecule has 0 bridgehead atoms. The molecule has 0 radical (unpaired) electrons. The molecule has 3 saturated carbocycles. The number of rotatable bonds is 1. The van der Waals surface area contributed by atoms with Crippen molar-refractivity contribution in [2.75, 3.05) is 0 Å². The molecule has 8 aliphatic rings. The van der Waals surface area contributed by atoms with E-state index in [2.05, 4.69) is 54.6 Å². The molecule has 44 heavy (non-hydrogen) atoms. The summed E-state index contributed by atoms with van der Waals surface area (Å²) in [6, 6.07) is 19.9. The minimum absolute atomic E-state index is 0.306. The van der Waals surface area contributed by atoms with Gasteiger partial charge in [-0.05, 0) is 109 Å². The minimum Gasteiger partial charge on any atom is -0.494 e. The standard InChI is InChI=1S/C40H36O4/c1-3-19-7-11-29-37-33(19)25(5-1)41-27-13-9-21-15-23(17-31(43-29)35(21)39(27)37)24-16-22-10-14-28-40-36(22)32(18-24)44-30-12-8-20-4-2-6-26(42-28)34(20)38(30)40/h1,3,5,7,9,11,13,15,17,20,22,24,26,28,32,34,36,40H,2,4,6,8,10,12,14,16,18H2. The van der Waals surface area contributed by atoms with Crippen LogP contribution in [0, 0.1) is 29.6 Å². The van der Waals surface area contributed by atoms with Crippen molar-refractivity contribution in [1.29, 1.82) is 0 Å². The van der Waals surface area contributed by atoms with Gasteiger partial charge in [-0.2, -0.15) is 0 Å². The summed E-state index contributed by atoms with van der Waals surface area (Å²) in [5.74, 6) is 5.27. The third-order valence-electron chi connectivity index (χ3n) is 13.3. The summed E-state index contributed by atoms with van der Waals surface area (Å²) in [7, 11) is 0. The fourth-order valence-electron chi connectivity index (χ4n) is 11.8. The van der Waals surface area contributed by atoms with Gasteiger partial charge in [0, 0.05) is 46.1 Å². The van der Waals surface area contributed by atoms with Crippen molar-refractivity contribution in [2.24, 2.45) is 29.6 Å². The molecule has 4 fully saturated rings. The molecule has 4 heterocycles. The minimum atomic E-state index is 0.306. The molecule has 9 unspecified atom stereocenters. The van der Waals surface area contributed by atoms with E-state index in [9.17, 15) is 0 Å². The van der Waals surface area contributed by atoms with Crippen LogP contribution >= 0.6 is 0 Å². The molecule has 4 nitrogen and oxygen atoms in total. The van der Waals surface area contributed by atoms with Gasteiger partial charge in [0.1, 0.15) is 28.4 Å². The zero-order chi connectivity index (χ0) is 28.3. The summed E-state index contributed by atoms with van der Waals surface area (Å²) in [4.78, 5) is 0. The van der Waals surface area contributed by atoms with E-state index in [1.165, 1.54) is 83.6 Å². The highest BCUT2D eigenvalue weighted by Crippen LogP contribution is 2.63. The summed E-state index contributed by atoms with van der Waals surface area (Å²) < 4.78 is 27.5. The molecule has 0 amide bonds. The first-order chi connectivity index (χ1) is 21.8. The average molecular weight is 581 g/mol. The van der Waals surface area contributed by atoms with E-state index in [4.69, 9.17) is 18.3 Å². The molecule has 12 rings (SSSR count). The number of benzene rings is 4. The van der Waals surface area contributed by atoms with Gasteiger partial charge in [-0.15, -0.1) is 0 Å². The summed E-state index contributed by atoms with van der Waals surface area (Å²) in [6.45, 7) is 0. The predicted octanol–water partition coefficient (Wildman–Crippen LogP) is 10.2. The van der Waals surface area contributed by atoms with Gasteiger partial charge >= 0.3 is 0 Å². The molecule has 4 heteroatoms. The molecule has 4 aliphatic heterocycles. The zero-order valence-electron chi connectivity index (χ0n) is 24.9. The topological polar surface area (TPSA) is 44.7 Å². The number of ether oxygens (including phenoxy) is 2. The van der Waals surface area contributed by atoms with Crippen LogP contribution in [0.2, 0.25) is 0 Å². The molecule has 4 aromatic rings. The summed E-state index contributed by atoms with van der Waals surface area (Å²) in [6.07, 6.45) is 12.5. The Bertz CT molecular complexity index is 2140. The van der Waals surface area contributed by atoms with Crippen molar-refractivity contribution in [3.05, 3.63) is 71.5 Å². The quantitative estimate of drug-likeness (QED) is 0.143. The molecule has 220 valence electrons. The second kappa shape index (κ2) is 8.20. The lowest BCUT2D eigenvalue weighted by atomic mass is 9.52. The van der Waals surface area contributed by atoms with E-state index in [-0.39, 0.29) is 0 Å². The van der Waals surface area contributed by atoms with Crippen LogP contribution in [-0.2, 0) is 9.47 Å². The second-order valence-electron chi connectivity index (χ2n) is 15.2. The van der Waals surface area contributed by atoms with Gasteiger partial charge in [-0.1, -0.05) is 36.8 Å². The molecule has 4 aromatic carbocycles. The van der Waals surface area contributed by atoms with Crippen LogP contribution in [0.15, 0.2) is 74.8 Å². The van der Waals surface area contributed by atoms with Gasteiger partial charge in [0.15, 0.2) is 0 Å². The van der Waals surface area contributed by atoms with Crippen LogP contribution in [0.5, 0.6) is 0 Å². The van der Waals surface area contributed by atoms with Crippen molar-refractivity contribution in [3.8, 4) is 11.1 Å². The monoisotopic (exact) mass is 580 g/mol. The van der Waals surface area contributed by atoms with Gasteiger partial charge < -0.3 is 18.3 Å². The van der Waals surface area contributed by atoms with Crippen molar-refractivity contribution in [1.82, 2.24) is 0 Å². The van der Waals surface area contributed by atoms with Crippen LogP contribution in [0.3, 0.4) is 0 Å². The first kappa shape index (κ1) is 23.8. The maximum atomic E-state index is 7.16. The summed E-state index contributed by atoms with van der Waals surface area (Å²) >= 11 is 0. The van der Waals surface area contributed by atoms with E-state index in [1.807, 2.05) is 0 Å². The van der Waals surface area contributed by atoms with Crippen LogP contribution < -0.4 is 0 Å². The highest BCUT2D eigenvalue weighted by Gasteiger charge is 2.59. The molecule has 1 saturated heterocycles. The maximum Gasteiger partial charge on any atom is 0.136 e. The fourth-order valence-corrected chi connectivity index (χ4v) is 11.8. The third kappa shape index (κ3) is 2.91. The first-order valence-electron chi connectivity index (χ1n) is 17.3. The van der Waals surface area contributed by atoms with Crippen LogP contribution in [0.4, 0.5) is 0 Å². The van der Waals surface area contributed by atoms with Crippen LogP contribution in [0.25, 0.3) is 55.0 Å². The number of hydrogen-bond acceptors (Lipinski definition) is 4. The Balaban J connectivity index is 0.985. The maximum absolute atomic E-state index is 7.16. The Kier molecular flexibility index (Phi) is 4.44. The first-order valence-corrected chi connectivity index (χ1v) is 17.3. The van der Waals surface area contributed by atoms with Crippen molar-refractivity contribution in [3.63, 3.8) is 0 Å². The lowest BCUT2D eigenvalue weighted by molar-refractivity contribution is -0.191. The number of hydrogen-bond donors (Lipinski definition) is 0. The second-order valence-corrected chi connectivity index (χ2v) is 15.2. The van der Waals surface area contributed by atoms with E-state index in [0.29, 0.717) is 47.9 Å². The lowest BCUT2D eigenvalue weighted by Gasteiger charge is -2.61. The molecule has 4 aliphatic carbocycles. The largest absolute Gasteiger partial charge is 0.494 e. The normalized spacial score (nSPS) is 36.0. The number of allylic oxidation sites excluding steroid dienone is 1. The Morgan fingerprint density at radius 3 is 2.39 bits per heavy atom. The zero-order valence-corrected chi connectivity index (χ0v) is 24.9. The van der Waals surface area contributed by atoms with E-state index >= 15 is 0 Å². The Labute approximate surface area is 256 Å². The van der Waals surface area contributed by atoms with Crippen molar-refractivity contribution < 1.29 is 18.3 Å². The molecule has 0 aromatic heterocycles. The summed E-state index contributed by atoms with van der Waals surface area (Å²) in [5, 5.41) is 4.80. The van der Waals surface area contributed by atoms with Crippen molar-refractivity contribution >= 4 is 43.9 Å². The van der Waals surface area contributed by atoms with Crippen LogP contribution in [0.1, 0.15) is 69.3 Å². The molecule has 0 N–H and O–H groups in total. The van der Waals surface area contributed by atoms with Crippen LogP contribution in [-0.4, -0.2) is 18.3 Å². The molecular formula is C40H36O4. The summed E-state index contributed by atoms with van der Waals surface area (Å²) in [5.41, 5.74) is 9.31. The SMILES string of the molecule is c1cc2ccc3oc4cc(C5CC6CCC7OC8CCCC9CCC%10=C(C98)C7C6C(C5)O%10)cc5ccc6oc(c1)c2c3-c6c54. The van der Waals surface area contributed by atoms with Gasteiger partial charge in [-0.3, -0.25) is 0 Å². The predicted molar refractivity (Wildman–Crippen MR) is 171 cm³/mol. The molecular weight excluding hydrogens is 544 g/mol. The van der Waals surface area contributed by atoms with Gasteiger partial charge in [0.2, 0.25) is 0 Å². The Morgan fingerprint density at radius 1 is 0.614 bits per heavy atom. The van der Waals surface area contributed by atoms with E-state index in [0.717, 1.165) is 46.5 Å². The molecule has 0 spiro atoms. The smallest absolute Gasteiger partial charge is 0.136 e. The third-order valence-corrected chi connectivity index (χ3v) is 13.3. The Morgan fingerprint density at radius 2 is 1.45 bits per heavy atom. The Hall–Kier alpha value is -3.50. The van der Waals surface area contributed by atoms with E-state index < -0.39 is 0 Å².